The van der Waals surface area contributed by atoms with Crippen molar-refractivity contribution in [2.24, 2.45) is 10.8 Å². The molecule has 1 aromatic carbocycles. The Morgan fingerprint density at radius 1 is 0.905 bits per heavy atom. The standard InChI is InChI=1S/C19H29FO/c1-18(2,3)9-7-14-11-16(20)12-15(17(14)13-21)8-10-19(4,5)6/h11-13H,7-10H2,1-6H3. The summed E-state index contributed by atoms with van der Waals surface area (Å²) in [5.74, 6) is -0.228. The Kier molecular flexibility index (Phi) is 5.72. The van der Waals surface area contributed by atoms with Gasteiger partial charge in [0.25, 0.3) is 0 Å². The topological polar surface area (TPSA) is 17.1 Å². The third-order valence-corrected chi connectivity index (χ3v) is 3.72. The number of benzene rings is 1. The van der Waals surface area contributed by atoms with E-state index in [9.17, 15) is 9.18 Å². The predicted octanol–water partition coefficient (Wildman–Crippen LogP) is 5.60. The molecule has 0 spiro atoms. The van der Waals surface area contributed by atoms with Crippen LogP contribution in [0.5, 0.6) is 0 Å². The first-order valence-electron chi connectivity index (χ1n) is 7.78. The third kappa shape index (κ3) is 6.41. The molecule has 0 unspecified atom stereocenters. The fourth-order valence-electron chi connectivity index (χ4n) is 2.32. The Morgan fingerprint density at radius 2 is 1.29 bits per heavy atom. The zero-order valence-corrected chi connectivity index (χ0v) is 14.3. The maximum Gasteiger partial charge on any atom is 0.150 e. The van der Waals surface area contributed by atoms with E-state index < -0.39 is 0 Å². The minimum atomic E-state index is -0.228. The van der Waals surface area contributed by atoms with Gasteiger partial charge in [-0.25, -0.2) is 4.39 Å². The second kappa shape index (κ2) is 6.72. The van der Waals surface area contributed by atoms with E-state index in [1.54, 1.807) is 0 Å². The lowest BCUT2D eigenvalue weighted by atomic mass is 9.84. The van der Waals surface area contributed by atoms with Gasteiger partial charge in [-0.1, -0.05) is 41.5 Å². The van der Waals surface area contributed by atoms with Gasteiger partial charge < -0.3 is 0 Å². The van der Waals surface area contributed by atoms with Crippen LogP contribution < -0.4 is 0 Å². The van der Waals surface area contributed by atoms with Crippen molar-refractivity contribution in [2.45, 2.75) is 67.2 Å². The molecule has 0 fully saturated rings. The summed E-state index contributed by atoms with van der Waals surface area (Å²) in [7, 11) is 0. The number of aryl methyl sites for hydroxylation is 2. The van der Waals surface area contributed by atoms with E-state index in [4.69, 9.17) is 0 Å². The number of hydrogen-bond acceptors (Lipinski definition) is 1. The summed E-state index contributed by atoms with van der Waals surface area (Å²) in [6.45, 7) is 13.0. The number of halogens is 1. The summed E-state index contributed by atoms with van der Waals surface area (Å²) in [4.78, 5) is 11.5. The molecule has 0 heterocycles. The predicted molar refractivity (Wildman–Crippen MR) is 87.3 cm³/mol. The lowest BCUT2D eigenvalue weighted by molar-refractivity contribution is 0.112. The van der Waals surface area contributed by atoms with Crippen LogP contribution in [0, 0.1) is 16.6 Å². The molecule has 21 heavy (non-hydrogen) atoms. The zero-order chi connectivity index (χ0) is 16.3. The fraction of sp³-hybridized carbons (Fsp3) is 0.632. The Hall–Kier alpha value is -1.18. The Morgan fingerprint density at radius 3 is 1.57 bits per heavy atom. The maximum absolute atomic E-state index is 13.9. The monoisotopic (exact) mass is 292 g/mol. The third-order valence-electron chi connectivity index (χ3n) is 3.72. The molecule has 118 valence electrons. The van der Waals surface area contributed by atoms with Crippen LogP contribution >= 0.6 is 0 Å². The summed E-state index contributed by atoms with van der Waals surface area (Å²) in [6, 6.07) is 3.05. The first-order chi connectivity index (χ1) is 9.52. The molecule has 0 N–H and O–H groups in total. The van der Waals surface area contributed by atoms with Gasteiger partial charge in [0.2, 0.25) is 0 Å². The smallest absolute Gasteiger partial charge is 0.150 e. The van der Waals surface area contributed by atoms with E-state index in [1.165, 1.54) is 12.1 Å². The molecule has 0 aliphatic carbocycles. The van der Waals surface area contributed by atoms with Crippen molar-refractivity contribution in [1.29, 1.82) is 0 Å². The average Bonchev–Trinajstić information content (AvgIpc) is 2.31. The first kappa shape index (κ1) is 17.9. The number of rotatable bonds is 5. The zero-order valence-electron chi connectivity index (χ0n) is 14.3. The van der Waals surface area contributed by atoms with E-state index in [1.807, 2.05) is 0 Å². The molecule has 0 aliphatic rings. The lowest BCUT2D eigenvalue weighted by Gasteiger charge is -2.21. The Balaban J connectivity index is 3.03. The van der Waals surface area contributed by atoms with Gasteiger partial charge in [-0.15, -0.1) is 0 Å². The van der Waals surface area contributed by atoms with Crippen molar-refractivity contribution in [2.75, 3.05) is 0 Å². The first-order valence-corrected chi connectivity index (χ1v) is 7.78. The van der Waals surface area contributed by atoms with Gasteiger partial charge in [-0.3, -0.25) is 4.79 Å². The van der Waals surface area contributed by atoms with Crippen LogP contribution in [0.4, 0.5) is 4.39 Å². The van der Waals surface area contributed by atoms with Gasteiger partial charge >= 0.3 is 0 Å². The molecule has 0 amide bonds. The number of aldehydes is 1. The van der Waals surface area contributed by atoms with Crippen molar-refractivity contribution >= 4 is 6.29 Å². The number of hydrogen-bond donors (Lipinski definition) is 0. The number of carbonyl (C=O) groups excluding carboxylic acids is 1. The van der Waals surface area contributed by atoms with Gasteiger partial charge in [0, 0.05) is 5.56 Å². The van der Waals surface area contributed by atoms with Crippen LogP contribution in [0.25, 0.3) is 0 Å². The average molecular weight is 292 g/mol. The van der Waals surface area contributed by atoms with Crippen LogP contribution in [-0.4, -0.2) is 6.29 Å². The molecule has 0 saturated carbocycles. The molecule has 0 saturated heterocycles. The Bertz CT molecular complexity index is 450. The summed E-state index contributed by atoms with van der Waals surface area (Å²) < 4.78 is 13.9. The molecule has 1 rings (SSSR count). The summed E-state index contributed by atoms with van der Waals surface area (Å²) in [5.41, 5.74) is 2.76. The minimum Gasteiger partial charge on any atom is -0.298 e. The van der Waals surface area contributed by atoms with Crippen LogP contribution in [0.15, 0.2) is 12.1 Å². The van der Waals surface area contributed by atoms with E-state index in [2.05, 4.69) is 41.5 Å². The van der Waals surface area contributed by atoms with Crippen molar-refractivity contribution in [3.63, 3.8) is 0 Å². The van der Waals surface area contributed by atoms with Crippen LogP contribution in [0.2, 0.25) is 0 Å². The van der Waals surface area contributed by atoms with Crippen LogP contribution in [-0.2, 0) is 12.8 Å². The highest BCUT2D eigenvalue weighted by Crippen LogP contribution is 2.27. The minimum absolute atomic E-state index is 0.179. The number of carbonyl (C=O) groups is 1. The van der Waals surface area contributed by atoms with Gasteiger partial charge in [0.05, 0.1) is 0 Å². The maximum atomic E-state index is 13.9. The quantitative estimate of drug-likeness (QED) is 0.646. The van der Waals surface area contributed by atoms with Crippen LogP contribution in [0.3, 0.4) is 0 Å². The summed E-state index contributed by atoms with van der Waals surface area (Å²) in [5, 5.41) is 0. The molecule has 0 atom stereocenters. The van der Waals surface area contributed by atoms with E-state index in [0.29, 0.717) is 5.56 Å². The van der Waals surface area contributed by atoms with Crippen LogP contribution in [0.1, 0.15) is 75.9 Å². The molecule has 0 radical (unpaired) electrons. The molecule has 2 heteroatoms. The van der Waals surface area contributed by atoms with E-state index >= 15 is 0 Å². The van der Waals surface area contributed by atoms with Crippen molar-refractivity contribution in [3.05, 3.63) is 34.6 Å². The highest BCUT2D eigenvalue weighted by atomic mass is 19.1. The fourth-order valence-corrected chi connectivity index (χ4v) is 2.32. The molecule has 0 bridgehead atoms. The summed E-state index contributed by atoms with van der Waals surface area (Å²) in [6.07, 6.45) is 4.27. The van der Waals surface area contributed by atoms with Crippen molar-refractivity contribution in [1.82, 2.24) is 0 Å². The van der Waals surface area contributed by atoms with Crippen molar-refractivity contribution < 1.29 is 9.18 Å². The van der Waals surface area contributed by atoms with Crippen molar-refractivity contribution in [3.8, 4) is 0 Å². The molecule has 0 aromatic heterocycles. The molecule has 0 aliphatic heterocycles. The summed E-state index contributed by atoms with van der Waals surface area (Å²) >= 11 is 0. The van der Waals surface area contributed by atoms with E-state index in [-0.39, 0.29) is 16.6 Å². The van der Waals surface area contributed by atoms with Gasteiger partial charge in [0.1, 0.15) is 5.82 Å². The molecule has 1 aromatic rings. The largest absolute Gasteiger partial charge is 0.298 e. The second-order valence-corrected chi connectivity index (χ2v) is 8.38. The lowest BCUT2D eigenvalue weighted by Crippen LogP contribution is -2.11. The normalized spacial score (nSPS) is 12.5. The molecule has 1 nitrogen and oxygen atoms in total. The SMILES string of the molecule is CC(C)(C)CCc1cc(F)cc(CCC(C)(C)C)c1C=O. The molecular formula is C19H29FO. The Labute approximate surface area is 129 Å². The van der Waals surface area contributed by atoms with Gasteiger partial charge in [-0.2, -0.15) is 0 Å². The highest BCUT2D eigenvalue weighted by molar-refractivity contribution is 5.79. The second-order valence-electron chi connectivity index (χ2n) is 8.38. The van der Waals surface area contributed by atoms with Gasteiger partial charge in [-0.05, 0) is 59.8 Å². The highest BCUT2D eigenvalue weighted by Gasteiger charge is 2.17. The molecular weight excluding hydrogens is 263 g/mol. The van der Waals surface area contributed by atoms with E-state index in [0.717, 1.165) is 43.1 Å². The van der Waals surface area contributed by atoms with Gasteiger partial charge in [0.15, 0.2) is 6.29 Å².